The predicted octanol–water partition coefficient (Wildman–Crippen LogP) is 9.86. The second-order valence-corrected chi connectivity index (χ2v) is 17.4. The van der Waals surface area contributed by atoms with Crippen molar-refractivity contribution in [3.63, 3.8) is 0 Å². The molecule has 2 aliphatic carbocycles. The normalized spacial score (nSPS) is 17.7. The second kappa shape index (κ2) is 20.2. The van der Waals surface area contributed by atoms with Gasteiger partial charge in [0, 0.05) is 47.0 Å². The first-order chi connectivity index (χ1) is 31.0. The number of carboxylic acids is 1. The summed E-state index contributed by atoms with van der Waals surface area (Å²) in [5.74, 6) is 1.65. The van der Waals surface area contributed by atoms with Crippen LogP contribution in [0.5, 0.6) is 11.5 Å². The van der Waals surface area contributed by atoms with Crippen molar-refractivity contribution in [3.05, 3.63) is 107 Å². The lowest BCUT2D eigenvalue weighted by molar-refractivity contribution is -0.193. The van der Waals surface area contributed by atoms with Gasteiger partial charge in [0.05, 0.1) is 24.5 Å². The van der Waals surface area contributed by atoms with Crippen LogP contribution in [0.3, 0.4) is 0 Å². The molecule has 0 bridgehead atoms. The number of aryl methyl sites for hydroxylation is 2. The summed E-state index contributed by atoms with van der Waals surface area (Å²) >= 11 is 0. The van der Waals surface area contributed by atoms with Crippen LogP contribution in [0.25, 0.3) is 44.3 Å². The van der Waals surface area contributed by atoms with E-state index >= 15 is 0 Å². The zero-order valence-electron chi connectivity index (χ0n) is 36.9. The smallest absolute Gasteiger partial charge is 0.373 e. The molecular weight excluding hydrogens is 811 g/mol. The molecule has 0 saturated heterocycles. The molecule has 332 valence electrons. The maximum atomic E-state index is 13.0. The molecule has 2 unspecified atom stereocenters. The zero-order chi connectivity index (χ0) is 45.5. The van der Waals surface area contributed by atoms with E-state index in [9.17, 15) is 14.7 Å². The molecule has 1 amide bonds. The largest absolute Gasteiger partial charge is 0.478 e. The van der Waals surface area contributed by atoms with Crippen LogP contribution in [-0.2, 0) is 41.9 Å². The number of aromatic nitrogens is 2. The molecule has 10 rings (SSSR count). The van der Waals surface area contributed by atoms with Gasteiger partial charge < -0.3 is 28.6 Å². The molecule has 2 atom stereocenters. The summed E-state index contributed by atoms with van der Waals surface area (Å²) < 4.78 is 16.9. The number of hydrogen-bond acceptors (Lipinski definition) is 8. The molecule has 0 spiro atoms. The summed E-state index contributed by atoms with van der Waals surface area (Å²) in [7, 11) is 3.60. The molecule has 4 heterocycles. The summed E-state index contributed by atoms with van der Waals surface area (Å²) in [6, 6.07) is 29.5. The monoisotopic (exact) mass is 865 g/mol. The lowest BCUT2D eigenvalue weighted by Gasteiger charge is -2.23. The van der Waals surface area contributed by atoms with Gasteiger partial charge in [-0.15, -0.1) is 0 Å². The van der Waals surface area contributed by atoms with Gasteiger partial charge in [-0.2, -0.15) is 19.2 Å². The number of likely N-dealkylation sites (N-methyl/N-ethyl adjacent to an activating group) is 1. The van der Waals surface area contributed by atoms with Crippen LogP contribution < -0.4 is 9.47 Å². The number of para-hydroxylation sites is 2. The maximum Gasteiger partial charge on any atom is 0.373 e. The van der Waals surface area contributed by atoms with Crippen LogP contribution in [0.4, 0.5) is 0 Å². The van der Waals surface area contributed by atoms with Crippen molar-refractivity contribution in [2.45, 2.75) is 115 Å². The molecular formula is C52H55N3O9. The molecule has 0 radical (unpaired) electrons. The lowest BCUT2D eigenvalue weighted by atomic mass is 9.81. The number of fused-ring (bicyclic) bond motifs is 10. The van der Waals surface area contributed by atoms with Gasteiger partial charge in [0.1, 0.15) is 11.5 Å². The molecule has 64 heavy (non-hydrogen) atoms. The number of ether oxygens (including phenoxy) is 2. The third-order valence-electron chi connectivity index (χ3n) is 13.1. The molecule has 1 N–H and O–H groups in total. The molecule has 12 heteroatoms. The minimum absolute atomic E-state index is 0.00590. The average molecular weight is 866 g/mol. The molecule has 6 aromatic rings. The van der Waals surface area contributed by atoms with Crippen LogP contribution >= 0.6 is 0 Å². The van der Waals surface area contributed by atoms with E-state index in [0.29, 0.717) is 30.7 Å². The van der Waals surface area contributed by atoms with E-state index in [0.717, 1.165) is 28.1 Å². The van der Waals surface area contributed by atoms with E-state index in [1.165, 1.54) is 108 Å². The Labute approximate surface area is 372 Å². The fourth-order valence-corrected chi connectivity index (χ4v) is 10.3. The third-order valence-corrected chi connectivity index (χ3v) is 13.1. The number of rotatable bonds is 4. The van der Waals surface area contributed by atoms with E-state index in [2.05, 4.69) is 77.6 Å². The minimum Gasteiger partial charge on any atom is -0.478 e. The molecule has 2 fully saturated rings. The molecule has 2 aromatic heterocycles. The molecule has 4 aliphatic rings. The van der Waals surface area contributed by atoms with E-state index in [1.807, 2.05) is 30.3 Å². The van der Waals surface area contributed by atoms with Crippen molar-refractivity contribution in [1.29, 1.82) is 0 Å². The van der Waals surface area contributed by atoms with Crippen molar-refractivity contribution in [2.24, 2.45) is 0 Å². The summed E-state index contributed by atoms with van der Waals surface area (Å²) in [6.07, 6.45) is 11.7. The fourth-order valence-electron chi connectivity index (χ4n) is 10.3. The summed E-state index contributed by atoms with van der Waals surface area (Å²) in [4.78, 5) is 59.0. The highest BCUT2D eigenvalue weighted by Gasteiger charge is 2.35. The fraction of sp³-hybridized carbons (Fsp3) is 0.385. The molecule has 4 aromatic carbocycles. The molecule has 2 aliphatic heterocycles. The van der Waals surface area contributed by atoms with Gasteiger partial charge in [-0.25, -0.2) is 4.79 Å². The lowest BCUT2D eigenvalue weighted by Crippen LogP contribution is -2.39. The summed E-state index contributed by atoms with van der Waals surface area (Å²) in [5.41, 5.74) is 12.2. The molecule has 2 saturated carbocycles. The van der Waals surface area contributed by atoms with E-state index in [-0.39, 0.29) is 18.2 Å². The number of aliphatic carboxylic acids is 1. The van der Waals surface area contributed by atoms with Crippen molar-refractivity contribution in [3.8, 4) is 34.0 Å². The van der Waals surface area contributed by atoms with E-state index < -0.39 is 18.2 Å². The van der Waals surface area contributed by atoms with Crippen LogP contribution in [-0.4, -0.2) is 69.6 Å². The Bertz CT molecular complexity index is 2710. The van der Waals surface area contributed by atoms with E-state index in [1.54, 1.807) is 19.0 Å². The van der Waals surface area contributed by atoms with Gasteiger partial charge in [-0.05, 0) is 110 Å². The van der Waals surface area contributed by atoms with Crippen LogP contribution in [0.2, 0.25) is 0 Å². The number of amides is 1. The number of nitrogens with zero attached hydrogens (tertiary/aromatic N) is 3. The summed E-state index contributed by atoms with van der Waals surface area (Å²) in [6.45, 7) is 5.10. The van der Waals surface area contributed by atoms with Crippen molar-refractivity contribution in [1.82, 2.24) is 14.0 Å². The van der Waals surface area contributed by atoms with E-state index in [4.69, 9.17) is 28.7 Å². The Morgan fingerprint density at radius 3 is 1.39 bits per heavy atom. The molecule has 12 nitrogen and oxygen atoms in total. The SMILES string of the molecule is Cc1ccc2c(C3CCCCC3)c3n(c2c1)CC(C(=O)N(C)C)Oc1ccccc1-3.Cc1ccc2c(C3CCCCC3)c3n(c2c1)CC(C(=O)O)Oc1ccccc1-3.O=C=O.O=C=O. The highest BCUT2D eigenvalue weighted by atomic mass is 16.5. The standard InChI is InChI=1S/C26H30N2O2.C24H25NO3.2CO2/c1-17-13-14-19-21(15-17)28-16-23(26(29)27(2)3)30-22-12-8-7-11-20(22)25(28)24(19)18-9-5-4-6-10-18;1-15-11-12-17-19(13-15)25-14-21(24(26)27)28-20-10-6-5-9-18(20)23(25)22(17)16-7-3-2-4-8-16;2*2-1-3/h7-8,11-15,18,23H,4-6,9-10,16H2,1-3H3;5-6,9-13,16,21H,2-4,7-8,14H2,1H3,(H,26,27);;. The van der Waals surface area contributed by atoms with Crippen molar-refractivity contribution >= 4 is 46.0 Å². The third kappa shape index (κ3) is 9.16. The van der Waals surface area contributed by atoms with Gasteiger partial charge in [-0.3, -0.25) is 4.79 Å². The Kier molecular flexibility index (Phi) is 14.3. The highest BCUT2D eigenvalue weighted by molar-refractivity contribution is 5.96. The van der Waals surface area contributed by atoms with Gasteiger partial charge in [-0.1, -0.05) is 87.1 Å². The Morgan fingerprint density at radius 2 is 0.984 bits per heavy atom. The zero-order valence-corrected chi connectivity index (χ0v) is 36.9. The Morgan fingerprint density at radius 1 is 0.594 bits per heavy atom. The minimum atomic E-state index is -0.920. The van der Waals surface area contributed by atoms with Gasteiger partial charge >= 0.3 is 18.3 Å². The van der Waals surface area contributed by atoms with Crippen LogP contribution in [0.1, 0.15) is 98.3 Å². The maximum absolute atomic E-state index is 13.0. The predicted molar refractivity (Wildman–Crippen MR) is 241 cm³/mol. The number of carboxylic acid groups (broad SMARTS) is 1. The quantitative estimate of drug-likeness (QED) is 0.182. The van der Waals surface area contributed by atoms with Gasteiger partial charge in [0.15, 0.2) is 6.10 Å². The Balaban J connectivity index is 0.000000171. The Hall–Kier alpha value is -6.74. The summed E-state index contributed by atoms with van der Waals surface area (Å²) in [5, 5.41) is 12.4. The highest BCUT2D eigenvalue weighted by Crippen LogP contribution is 2.49. The number of carbonyl (C=O) groups is 2. The first-order valence-electron chi connectivity index (χ1n) is 22.2. The number of carbonyl (C=O) groups excluding carboxylic acids is 5. The average Bonchev–Trinajstić information content (AvgIpc) is 3.62. The number of benzene rings is 4. The van der Waals surface area contributed by atoms with Crippen molar-refractivity contribution in [2.75, 3.05) is 14.1 Å². The van der Waals surface area contributed by atoms with Crippen LogP contribution in [0, 0.1) is 13.8 Å². The van der Waals surface area contributed by atoms with Gasteiger partial charge in [0.2, 0.25) is 6.10 Å². The first-order valence-corrected chi connectivity index (χ1v) is 22.2. The first kappa shape index (κ1) is 45.3. The topological polar surface area (TPSA) is 154 Å². The van der Waals surface area contributed by atoms with Crippen LogP contribution in [0.15, 0.2) is 84.9 Å². The number of hydrogen-bond donors (Lipinski definition) is 1. The van der Waals surface area contributed by atoms with Crippen molar-refractivity contribution < 1.29 is 43.3 Å². The van der Waals surface area contributed by atoms with Gasteiger partial charge in [0.25, 0.3) is 5.91 Å². The second-order valence-electron chi connectivity index (χ2n) is 17.4.